The van der Waals surface area contributed by atoms with Gasteiger partial charge in [0.2, 0.25) is 0 Å². The molecule has 0 aromatic heterocycles. The summed E-state index contributed by atoms with van der Waals surface area (Å²) < 4.78 is 16.2. The molecule has 2 aromatic carbocycles. The van der Waals surface area contributed by atoms with Crippen LogP contribution in [0.3, 0.4) is 0 Å². The number of methoxy groups -OCH3 is 1. The lowest BCUT2D eigenvalue weighted by molar-refractivity contribution is -0.153. The highest BCUT2D eigenvalue weighted by atomic mass is 32.2. The van der Waals surface area contributed by atoms with E-state index in [0.29, 0.717) is 42.6 Å². The van der Waals surface area contributed by atoms with Crippen molar-refractivity contribution in [3.8, 4) is 11.5 Å². The van der Waals surface area contributed by atoms with Gasteiger partial charge in [-0.25, -0.2) is 0 Å². The van der Waals surface area contributed by atoms with Crippen LogP contribution in [0.4, 0.5) is 5.69 Å². The van der Waals surface area contributed by atoms with E-state index < -0.39 is 29.7 Å². The SMILES string of the molecule is COc1ccc2c(c1)SC(C(=O)OCC(=O)N1CCN(c3ccccc3)CC1)C(=O)C(C)O2. The van der Waals surface area contributed by atoms with Gasteiger partial charge >= 0.3 is 5.97 Å². The number of Topliss-reactive ketones (excluding diaryl/α,β-unsaturated/α-hetero) is 1. The molecule has 4 rings (SSSR count). The quantitative estimate of drug-likeness (QED) is 0.487. The summed E-state index contributed by atoms with van der Waals surface area (Å²) in [7, 11) is 1.54. The first kappa shape index (κ1) is 23.0. The van der Waals surface area contributed by atoms with Gasteiger partial charge < -0.3 is 24.0 Å². The number of fused-ring (bicyclic) bond motifs is 1. The lowest BCUT2D eigenvalue weighted by Gasteiger charge is -2.36. The lowest BCUT2D eigenvalue weighted by atomic mass is 10.2. The van der Waals surface area contributed by atoms with Crippen LogP contribution < -0.4 is 14.4 Å². The molecule has 0 bridgehead atoms. The predicted molar refractivity (Wildman–Crippen MR) is 124 cm³/mol. The number of thioether (sulfide) groups is 1. The topological polar surface area (TPSA) is 85.4 Å². The Hall–Kier alpha value is -3.20. The van der Waals surface area contributed by atoms with Gasteiger partial charge in [-0.15, -0.1) is 0 Å². The Morgan fingerprint density at radius 1 is 1.09 bits per heavy atom. The fraction of sp³-hybridized carbons (Fsp3) is 0.375. The first-order valence-electron chi connectivity index (χ1n) is 10.8. The molecule has 1 amide bonds. The number of ether oxygens (including phenoxy) is 3. The van der Waals surface area contributed by atoms with Crippen LogP contribution in [-0.2, 0) is 19.1 Å². The fourth-order valence-electron chi connectivity index (χ4n) is 3.77. The van der Waals surface area contributed by atoms with Crippen molar-refractivity contribution in [1.82, 2.24) is 4.90 Å². The summed E-state index contributed by atoms with van der Waals surface area (Å²) in [6.45, 7) is 3.69. The standard InChI is InChI=1S/C24H26N2O6S/c1-16-22(28)23(33-20-14-18(30-2)8-9-19(20)32-16)24(29)31-15-21(27)26-12-10-25(11-13-26)17-6-4-3-5-7-17/h3-9,14,16,23H,10-13,15H2,1-2H3. The third-order valence-corrected chi connectivity index (χ3v) is 6.90. The van der Waals surface area contributed by atoms with Crippen molar-refractivity contribution in [3.63, 3.8) is 0 Å². The molecule has 0 aliphatic carbocycles. The molecule has 33 heavy (non-hydrogen) atoms. The molecular formula is C24H26N2O6S. The Morgan fingerprint density at radius 3 is 2.52 bits per heavy atom. The van der Waals surface area contributed by atoms with Gasteiger partial charge in [-0.1, -0.05) is 30.0 Å². The molecule has 1 saturated heterocycles. The molecule has 2 aliphatic rings. The van der Waals surface area contributed by atoms with Gasteiger partial charge in [0, 0.05) is 31.9 Å². The minimum Gasteiger partial charge on any atom is -0.497 e. The van der Waals surface area contributed by atoms with Crippen molar-refractivity contribution in [1.29, 1.82) is 0 Å². The van der Waals surface area contributed by atoms with E-state index in [0.717, 1.165) is 17.4 Å². The molecule has 2 unspecified atom stereocenters. The molecule has 0 spiro atoms. The zero-order valence-corrected chi connectivity index (χ0v) is 19.4. The molecule has 174 valence electrons. The Bertz CT molecular complexity index is 1020. The van der Waals surface area contributed by atoms with Gasteiger partial charge in [-0.2, -0.15) is 0 Å². The maximum absolute atomic E-state index is 12.8. The Morgan fingerprint density at radius 2 is 1.82 bits per heavy atom. The van der Waals surface area contributed by atoms with Gasteiger partial charge in [-0.05, 0) is 37.3 Å². The average molecular weight is 471 g/mol. The summed E-state index contributed by atoms with van der Waals surface area (Å²) in [5.74, 6) is -0.321. The second kappa shape index (κ2) is 10.2. The molecule has 0 saturated carbocycles. The molecule has 9 heteroatoms. The van der Waals surface area contributed by atoms with Gasteiger partial charge in [0.15, 0.2) is 23.7 Å². The molecule has 2 atom stereocenters. The predicted octanol–water partition coefficient (Wildman–Crippen LogP) is 2.40. The number of piperazine rings is 1. The Balaban J connectivity index is 1.34. The number of benzene rings is 2. The largest absolute Gasteiger partial charge is 0.497 e. The van der Waals surface area contributed by atoms with Crippen molar-refractivity contribution >= 4 is 35.1 Å². The molecular weight excluding hydrogens is 444 g/mol. The van der Waals surface area contributed by atoms with Crippen molar-refractivity contribution in [2.75, 3.05) is 44.8 Å². The summed E-state index contributed by atoms with van der Waals surface area (Å²) in [6.07, 6.45) is -0.813. The number of carbonyl (C=O) groups is 3. The number of amides is 1. The first-order valence-corrected chi connectivity index (χ1v) is 11.6. The molecule has 1 fully saturated rings. The van der Waals surface area contributed by atoms with Crippen molar-refractivity contribution in [3.05, 3.63) is 48.5 Å². The van der Waals surface area contributed by atoms with E-state index >= 15 is 0 Å². The van der Waals surface area contributed by atoms with Gasteiger partial charge in [0.1, 0.15) is 11.5 Å². The maximum atomic E-state index is 12.8. The normalized spacial score (nSPS) is 20.4. The average Bonchev–Trinajstić information content (AvgIpc) is 2.98. The van der Waals surface area contributed by atoms with E-state index in [1.54, 1.807) is 30.0 Å². The van der Waals surface area contributed by atoms with Crippen LogP contribution in [0.15, 0.2) is 53.4 Å². The minimum absolute atomic E-state index is 0.270. The van der Waals surface area contributed by atoms with Crippen molar-refractivity contribution in [2.45, 2.75) is 23.2 Å². The number of hydrogen-bond donors (Lipinski definition) is 0. The third kappa shape index (κ3) is 5.24. The van der Waals surface area contributed by atoms with Crippen molar-refractivity contribution < 1.29 is 28.6 Å². The molecule has 0 radical (unpaired) electrons. The summed E-state index contributed by atoms with van der Waals surface area (Å²) >= 11 is 1.05. The smallest absolute Gasteiger partial charge is 0.327 e. The highest BCUT2D eigenvalue weighted by Gasteiger charge is 2.38. The fourth-order valence-corrected chi connectivity index (χ4v) is 4.91. The molecule has 0 N–H and O–H groups in total. The van der Waals surface area contributed by atoms with Crippen LogP contribution in [-0.4, -0.2) is 73.8 Å². The molecule has 8 nitrogen and oxygen atoms in total. The van der Waals surface area contributed by atoms with E-state index in [1.165, 1.54) is 7.11 Å². The number of para-hydroxylation sites is 1. The second-order valence-electron chi connectivity index (χ2n) is 7.78. The van der Waals surface area contributed by atoms with Gasteiger partial charge in [0.05, 0.1) is 12.0 Å². The summed E-state index contributed by atoms with van der Waals surface area (Å²) in [5, 5.41) is -1.11. The van der Waals surface area contributed by atoms with Gasteiger partial charge in [-0.3, -0.25) is 14.4 Å². The zero-order valence-electron chi connectivity index (χ0n) is 18.6. The molecule has 2 aromatic rings. The van der Waals surface area contributed by atoms with E-state index in [1.807, 2.05) is 30.3 Å². The van der Waals surface area contributed by atoms with E-state index in [4.69, 9.17) is 14.2 Å². The summed E-state index contributed by atoms with van der Waals surface area (Å²) in [5.41, 5.74) is 1.12. The number of hydrogen-bond acceptors (Lipinski definition) is 8. The second-order valence-corrected chi connectivity index (χ2v) is 8.93. The summed E-state index contributed by atoms with van der Waals surface area (Å²) in [4.78, 5) is 42.6. The highest BCUT2D eigenvalue weighted by molar-refractivity contribution is 8.01. The molecule has 2 heterocycles. The Labute approximate surface area is 196 Å². The van der Waals surface area contributed by atoms with Crippen LogP contribution in [0.5, 0.6) is 11.5 Å². The van der Waals surface area contributed by atoms with E-state index in [-0.39, 0.29) is 5.91 Å². The van der Waals surface area contributed by atoms with Crippen LogP contribution in [0.25, 0.3) is 0 Å². The zero-order chi connectivity index (χ0) is 23.4. The number of rotatable bonds is 5. The van der Waals surface area contributed by atoms with Gasteiger partial charge in [0.25, 0.3) is 5.91 Å². The number of anilines is 1. The summed E-state index contributed by atoms with van der Waals surface area (Å²) in [6, 6.07) is 15.2. The number of ketones is 1. The Kier molecular flexibility index (Phi) is 7.08. The third-order valence-electron chi connectivity index (χ3n) is 5.66. The molecule has 2 aliphatic heterocycles. The van der Waals surface area contributed by atoms with Crippen LogP contribution in [0.1, 0.15) is 6.92 Å². The van der Waals surface area contributed by atoms with Crippen molar-refractivity contribution in [2.24, 2.45) is 0 Å². The minimum atomic E-state index is -1.11. The number of esters is 1. The lowest BCUT2D eigenvalue weighted by Crippen LogP contribution is -2.50. The monoisotopic (exact) mass is 470 g/mol. The van der Waals surface area contributed by atoms with E-state index in [2.05, 4.69) is 4.90 Å². The first-order chi connectivity index (χ1) is 16.0. The van der Waals surface area contributed by atoms with Crippen LogP contribution in [0, 0.1) is 0 Å². The number of nitrogens with zero attached hydrogens (tertiary/aromatic N) is 2. The highest BCUT2D eigenvalue weighted by Crippen LogP contribution is 2.39. The van der Waals surface area contributed by atoms with E-state index in [9.17, 15) is 14.4 Å². The number of carbonyl (C=O) groups excluding carboxylic acids is 3. The maximum Gasteiger partial charge on any atom is 0.327 e. The van der Waals surface area contributed by atoms with Crippen LogP contribution in [0.2, 0.25) is 0 Å². The van der Waals surface area contributed by atoms with Crippen LogP contribution >= 0.6 is 11.8 Å².